The molecule has 0 spiro atoms. The van der Waals surface area contributed by atoms with Crippen molar-refractivity contribution in [1.82, 2.24) is 15.0 Å². The average molecular weight is 502 g/mol. The number of benzene rings is 1. The summed E-state index contributed by atoms with van der Waals surface area (Å²) in [5.41, 5.74) is 2.04. The molecule has 184 valence electrons. The molecule has 1 aromatic carbocycles. The zero-order chi connectivity index (χ0) is 25.6. The van der Waals surface area contributed by atoms with Crippen molar-refractivity contribution in [2.75, 3.05) is 36.4 Å². The molecule has 1 N–H and O–H groups in total. The van der Waals surface area contributed by atoms with E-state index in [1.54, 1.807) is 14.0 Å². The van der Waals surface area contributed by atoms with Crippen molar-refractivity contribution in [3.05, 3.63) is 70.9 Å². The molecule has 0 bridgehead atoms. The van der Waals surface area contributed by atoms with Crippen molar-refractivity contribution < 1.29 is 21.9 Å². The highest BCUT2D eigenvalue weighted by molar-refractivity contribution is 7.92. The Hall–Kier alpha value is -3.62. The fraction of sp³-hybridized carbons (Fsp3) is 0.292. The Bertz CT molecular complexity index is 1370. The number of halogens is 2. The number of aryl methyl sites for hydroxylation is 2. The van der Waals surface area contributed by atoms with E-state index in [2.05, 4.69) is 31.5 Å². The number of hydrogen-bond donors (Lipinski definition) is 1. The van der Waals surface area contributed by atoms with Gasteiger partial charge in [-0.1, -0.05) is 17.9 Å². The molecule has 2 heterocycles. The first-order valence-electron chi connectivity index (χ1n) is 10.7. The first-order chi connectivity index (χ1) is 16.7. The Morgan fingerprint density at radius 2 is 1.80 bits per heavy atom. The Morgan fingerprint density at radius 1 is 1.09 bits per heavy atom. The third kappa shape index (κ3) is 6.09. The highest BCUT2D eigenvalue weighted by Crippen LogP contribution is 2.24. The average Bonchev–Trinajstić information content (AvgIpc) is 2.80. The van der Waals surface area contributed by atoms with Crippen LogP contribution in [0.3, 0.4) is 0 Å². The number of rotatable bonds is 8. The summed E-state index contributed by atoms with van der Waals surface area (Å²) >= 11 is 0. The van der Waals surface area contributed by atoms with Crippen LogP contribution >= 0.6 is 0 Å². The molecule has 11 heteroatoms. The molecule has 35 heavy (non-hydrogen) atoms. The topological polar surface area (TPSA) is 97.3 Å². The Balaban J connectivity index is 1.97. The lowest BCUT2D eigenvalue weighted by Crippen LogP contribution is -2.28. The predicted molar refractivity (Wildman–Crippen MR) is 129 cm³/mol. The molecule has 0 radical (unpaired) electrons. The zero-order valence-corrected chi connectivity index (χ0v) is 20.6. The number of aromatic nitrogens is 3. The highest BCUT2D eigenvalue weighted by Gasteiger charge is 2.24. The minimum atomic E-state index is -4.54. The second kappa shape index (κ2) is 11.2. The van der Waals surface area contributed by atoms with Crippen LogP contribution in [0.25, 0.3) is 0 Å². The van der Waals surface area contributed by atoms with E-state index >= 15 is 0 Å². The molecule has 3 rings (SSSR count). The highest BCUT2D eigenvalue weighted by atomic mass is 32.2. The van der Waals surface area contributed by atoms with Crippen LogP contribution in [0.5, 0.6) is 0 Å². The summed E-state index contributed by atoms with van der Waals surface area (Å²) in [5, 5.41) is 0. The molecular formula is C24H25F2N5O3S. The van der Waals surface area contributed by atoms with Crippen molar-refractivity contribution in [2.45, 2.75) is 25.7 Å². The van der Waals surface area contributed by atoms with Gasteiger partial charge in [0.2, 0.25) is 0 Å². The number of pyridine rings is 1. The molecule has 0 unspecified atom stereocenters. The molecule has 3 aromatic rings. The second-order valence-corrected chi connectivity index (χ2v) is 9.11. The number of hydrogen-bond acceptors (Lipinski definition) is 7. The van der Waals surface area contributed by atoms with Gasteiger partial charge in [-0.15, -0.1) is 0 Å². The normalized spacial score (nSPS) is 11.0. The van der Waals surface area contributed by atoms with Crippen molar-refractivity contribution >= 4 is 21.5 Å². The van der Waals surface area contributed by atoms with Crippen LogP contribution in [0, 0.1) is 37.3 Å². The number of ether oxygens (including phenoxy) is 1. The SMILES string of the molecule is CCN(CCOC)c1ncnc(C)c1C#Cc1cnc(C)c(NS(=O)(=O)c2c(F)cccc2F)c1. The fourth-order valence-electron chi connectivity index (χ4n) is 3.24. The predicted octanol–water partition coefficient (Wildman–Crippen LogP) is 3.44. The van der Waals surface area contributed by atoms with E-state index in [1.165, 1.54) is 18.6 Å². The standard InChI is InChI=1S/C24H25F2N5O3S/c1-5-31(11-12-34-4)24-19(16(2)28-15-29-24)10-9-18-13-22(17(3)27-14-18)30-35(32,33)23-20(25)7-6-8-21(23)26/h6-8,13-15,30H,5,11-12H2,1-4H3. The lowest BCUT2D eigenvalue weighted by atomic mass is 10.1. The summed E-state index contributed by atoms with van der Waals surface area (Å²) in [5.74, 6) is 4.28. The van der Waals surface area contributed by atoms with E-state index in [0.717, 1.165) is 18.2 Å². The van der Waals surface area contributed by atoms with Crippen molar-refractivity contribution in [1.29, 1.82) is 0 Å². The van der Waals surface area contributed by atoms with Gasteiger partial charge in [0.25, 0.3) is 10.0 Å². The van der Waals surface area contributed by atoms with Gasteiger partial charge < -0.3 is 9.64 Å². The van der Waals surface area contributed by atoms with Crippen LogP contribution in [0.2, 0.25) is 0 Å². The monoisotopic (exact) mass is 501 g/mol. The second-order valence-electron chi connectivity index (χ2n) is 7.49. The first kappa shape index (κ1) is 26.0. The molecule has 0 saturated heterocycles. The van der Waals surface area contributed by atoms with E-state index in [-0.39, 0.29) is 5.69 Å². The van der Waals surface area contributed by atoms with E-state index in [1.807, 2.05) is 18.7 Å². The summed E-state index contributed by atoms with van der Waals surface area (Å²) in [6.07, 6.45) is 2.94. The quantitative estimate of drug-likeness (QED) is 0.472. The maximum Gasteiger partial charge on any atom is 0.267 e. The van der Waals surface area contributed by atoms with Gasteiger partial charge >= 0.3 is 0 Å². The Morgan fingerprint density at radius 3 is 2.46 bits per heavy atom. The largest absolute Gasteiger partial charge is 0.383 e. The van der Waals surface area contributed by atoms with Crippen LogP contribution in [-0.2, 0) is 14.8 Å². The number of methoxy groups -OCH3 is 1. The number of likely N-dealkylation sites (N-methyl/N-ethyl adjacent to an activating group) is 1. The summed E-state index contributed by atoms with van der Waals surface area (Å²) < 4.78 is 60.9. The van der Waals surface area contributed by atoms with Gasteiger partial charge in [0.1, 0.15) is 23.8 Å². The van der Waals surface area contributed by atoms with Crippen molar-refractivity contribution in [3.63, 3.8) is 0 Å². The maximum absolute atomic E-state index is 14.1. The van der Waals surface area contributed by atoms with Gasteiger partial charge in [0, 0.05) is 32.0 Å². The lowest BCUT2D eigenvalue weighted by molar-refractivity contribution is 0.205. The molecule has 0 saturated carbocycles. The van der Waals surface area contributed by atoms with Crippen LogP contribution < -0.4 is 9.62 Å². The number of nitrogens with zero attached hydrogens (tertiary/aromatic N) is 4. The van der Waals surface area contributed by atoms with Crippen LogP contribution in [-0.4, -0.2) is 50.2 Å². The zero-order valence-electron chi connectivity index (χ0n) is 19.8. The summed E-state index contributed by atoms with van der Waals surface area (Å²) in [7, 11) is -2.92. The van der Waals surface area contributed by atoms with Crippen LogP contribution in [0.15, 0.2) is 41.7 Å². The van der Waals surface area contributed by atoms with Gasteiger partial charge in [-0.3, -0.25) is 9.71 Å². The van der Waals surface area contributed by atoms with Gasteiger partial charge in [-0.05, 0) is 39.0 Å². The Kier molecular flexibility index (Phi) is 8.32. The summed E-state index contributed by atoms with van der Waals surface area (Å²) in [6.45, 7) is 7.18. The number of anilines is 2. The minimum absolute atomic E-state index is 0.0518. The van der Waals surface area contributed by atoms with Gasteiger partial charge in [0.05, 0.1) is 29.2 Å². The molecule has 0 aliphatic carbocycles. The molecule has 0 amide bonds. The van der Waals surface area contributed by atoms with E-state index in [4.69, 9.17) is 4.74 Å². The molecule has 0 aliphatic heterocycles. The third-order valence-corrected chi connectivity index (χ3v) is 6.53. The van der Waals surface area contributed by atoms with Gasteiger partial charge in [-0.25, -0.2) is 27.2 Å². The Labute approximate surface area is 203 Å². The first-order valence-corrected chi connectivity index (χ1v) is 12.2. The van der Waals surface area contributed by atoms with Crippen LogP contribution in [0.1, 0.15) is 29.4 Å². The summed E-state index contributed by atoms with van der Waals surface area (Å²) in [4.78, 5) is 13.7. The van der Waals surface area contributed by atoms with E-state index < -0.39 is 26.6 Å². The molecule has 2 aromatic heterocycles. The minimum Gasteiger partial charge on any atom is -0.383 e. The number of nitrogens with one attached hydrogen (secondary N) is 1. The van der Waals surface area contributed by atoms with E-state index in [0.29, 0.717) is 48.0 Å². The molecule has 0 atom stereocenters. The lowest BCUT2D eigenvalue weighted by Gasteiger charge is -2.23. The molecular weight excluding hydrogens is 476 g/mol. The fourth-order valence-corrected chi connectivity index (χ4v) is 4.48. The number of sulfonamides is 1. The molecule has 0 fully saturated rings. The molecule has 0 aliphatic rings. The van der Waals surface area contributed by atoms with Crippen molar-refractivity contribution in [2.24, 2.45) is 0 Å². The maximum atomic E-state index is 14.1. The third-order valence-electron chi connectivity index (χ3n) is 5.11. The van der Waals surface area contributed by atoms with Crippen molar-refractivity contribution in [3.8, 4) is 11.8 Å². The van der Waals surface area contributed by atoms with Crippen LogP contribution in [0.4, 0.5) is 20.3 Å². The smallest absolute Gasteiger partial charge is 0.267 e. The van der Waals surface area contributed by atoms with E-state index in [9.17, 15) is 17.2 Å². The van der Waals surface area contributed by atoms with Gasteiger partial charge in [0.15, 0.2) is 4.90 Å². The summed E-state index contributed by atoms with van der Waals surface area (Å²) in [6, 6.07) is 4.29. The van der Waals surface area contributed by atoms with Gasteiger partial charge in [-0.2, -0.15) is 0 Å². The molecule has 8 nitrogen and oxygen atoms in total.